The Balaban J connectivity index is 2.18. The molecule has 0 amide bonds. The van der Waals surface area contributed by atoms with Gasteiger partial charge in [0.15, 0.2) is 11.5 Å². The Hall–Kier alpha value is -2.42. The van der Waals surface area contributed by atoms with Gasteiger partial charge in [0.2, 0.25) is 0 Å². The first-order chi connectivity index (χ1) is 10.6. The van der Waals surface area contributed by atoms with Gasteiger partial charge in [-0.1, -0.05) is 24.8 Å². The summed E-state index contributed by atoms with van der Waals surface area (Å²) in [5.41, 5.74) is 4.49. The fourth-order valence-electron chi connectivity index (χ4n) is 2.62. The largest absolute Gasteiger partial charge is 0.504 e. The van der Waals surface area contributed by atoms with Crippen LogP contribution in [0.1, 0.15) is 22.3 Å². The molecule has 2 aromatic rings. The van der Waals surface area contributed by atoms with Crippen LogP contribution in [0.2, 0.25) is 0 Å². The molecule has 0 aliphatic heterocycles. The molecular weight excluding hydrogens is 276 g/mol. The molecule has 0 unspecified atom stereocenters. The monoisotopic (exact) mass is 298 g/mol. The summed E-state index contributed by atoms with van der Waals surface area (Å²) < 4.78 is 10.6. The van der Waals surface area contributed by atoms with Crippen LogP contribution in [-0.4, -0.2) is 19.3 Å². The first-order valence-electron chi connectivity index (χ1n) is 7.25. The van der Waals surface area contributed by atoms with Crippen LogP contribution in [0.4, 0.5) is 0 Å². The van der Waals surface area contributed by atoms with Crippen molar-refractivity contribution in [2.24, 2.45) is 0 Å². The molecular formula is C19H22O3. The van der Waals surface area contributed by atoms with E-state index in [1.54, 1.807) is 20.3 Å². The number of ether oxygens (including phenoxy) is 2. The molecule has 0 aliphatic rings. The van der Waals surface area contributed by atoms with E-state index in [1.807, 2.05) is 25.1 Å². The Bertz CT molecular complexity index is 675. The molecule has 0 spiro atoms. The second-order valence-electron chi connectivity index (χ2n) is 5.25. The zero-order chi connectivity index (χ0) is 16.1. The summed E-state index contributed by atoms with van der Waals surface area (Å²) in [7, 11) is 3.24. The minimum absolute atomic E-state index is 0.167. The van der Waals surface area contributed by atoms with E-state index in [1.165, 1.54) is 5.56 Å². The summed E-state index contributed by atoms with van der Waals surface area (Å²) in [4.78, 5) is 0. The summed E-state index contributed by atoms with van der Waals surface area (Å²) in [6.07, 6.45) is 3.59. The molecule has 3 nitrogen and oxygen atoms in total. The van der Waals surface area contributed by atoms with Crippen LogP contribution in [0.25, 0.3) is 6.08 Å². The van der Waals surface area contributed by atoms with Crippen molar-refractivity contribution < 1.29 is 14.6 Å². The third-order valence-electron chi connectivity index (χ3n) is 3.73. The van der Waals surface area contributed by atoms with Crippen molar-refractivity contribution in [3.05, 3.63) is 59.2 Å². The second kappa shape index (κ2) is 7.03. The molecule has 1 N–H and O–H groups in total. The average Bonchev–Trinajstić information content (AvgIpc) is 2.53. The first kappa shape index (κ1) is 16.0. The smallest absolute Gasteiger partial charge is 0.160 e. The van der Waals surface area contributed by atoms with Gasteiger partial charge in [-0.2, -0.15) is 0 Å². The molecule has 22 heavy (non-hydrogen) atoms. The average molecular weight is 298 g/mol. The summed E-state index contributed by atoms with van der Waals surface area (Å²) in [6.45, 7) is 5.89. The molecule has 0 atom stereocenters. The van der Waals surface area contributed by atoms with Crippen LogP contribution in [0.15, 0.2) is 36.9 Å². The molecule has 0 saturated carbocycles. The summed E-state index contributed by atoms with van der Waals surface area (Å²) >= 11 is 0. The number of phenolic OH excluding ortho intramolecular Hbond substituents is 1. The quantitative estimate of drug-likeness (QED) is 0.871. The molecule has 2 rings (SSSR count). The number of benzene rings is 2. The lowest BCUT2D eigenvalue weighted by Crippen LogP contribution is -1.97. The fourth-order valence-corrected chi connectivity index (χ4v) is 2.62. The Kier molecular flexibility index (Phi) is 5.10. The van der Waals surface area contributed by atoms with Gasteiger partial charge in [0.05, 0.1) is 14.2 Å². The van der Waals surface area contributed by atoms with E-state index in [0.717, 1.165) is 35.3 Å². The number of hydrogen-bond acceptors (Lipinski definition) is 3. The molecule has 0 heterocycles. The topological polar surface area (TPSA) is 38.7 Å². The molecule has 3 heteroatoms. The fraction of sp³-hybridized carbons (Fsp3) is 0.263. The molecule has 0 saturated heterocycles. The predicted octanol–water partition coefficient (Wildman–Crippen LogP) is 4.15. The Morgan fingerprint density at radius 1 is 1.05 bits per heavy atom. The second-order valence-corrected chi connectivity index (χ2v) is 5.25. The van der Waals surface area contributed by atoms with E-state index in [2.05, 4.69) is 18.7 Å². The third-order valence-corrected chi connectivity index (χ3v) is 3.73. The highest BCUT2D eigenvalue weighted by Gasteiger charge is 2.08. The number of hydrogen-bond donors (Lipinski definition) is 1. The van der Waals surface area contributed by atoms with Gasteiger partial charge in [-0.15, -0.1) is 0 Å². The van der Waals surface area contributed by atoms with E-state index >= 15 is 0 Å². The number of aryl methyl sites for hydroxylation is 3. The highest BCUT2D eigenvalue weighted by Crippen LogP contribution is 2.29. The maximum absolute atomic E-state index is 9.63. The molecule has 0 aliphatic carbocycles. The third kappa shape index (κ3) is 3.42. The lowest BCUT2D eigenvalue weighted by molar-refractivity contribution is 0.373. The Labute approximate surface area is 131 Å². The van der Waals surface area contributed by atoms with Gasteiger partial charge in [0.25, 0.3) is 0 Å². The molecule has 0 fully saturated rings. The number of aromatic hydroxyl groups is 1. The highest BCUT2D eigenvalue weighted by atomic mass is 16.5. The van der Waals surface area contributed by atoms with Gasteiger partial charge in [0, 0.05) is 5.56 Å². The van der Waals surface area contributed by atoms with E-state index in [-0.39, 0.29) is 5.75 Å². The van der Waals surface area contributed by atoms with Gasteiger partial charge in [-0.05, 0) is 54.7 Å². The molecule has 2 aromatic carbocycles. The number of methoxy groups -OCH3 is 2. The first-order valence-corrected chi connectivity index (χ1v) is 7.25. The molecule has 0 aromatic heterocycles. The lowest BCUT2D eigenvalue weighted by Gasteiger charge is -2.12. The van der Waals surface area contributed by atoms with Gasteiger partial charge < -0.3 is 14.6 Å². The number of phenols is 1. The normalized spacial score (nSPS) is 10.3. The molecule has 0 bridgehead atoms. The van der Waals surface area contributed by atoms with Crippen LogP contribution in [0.5, 0.6) is 17.2 Å². The van der Waals surface area contributed by atoms with Crippen LogP contribution in [-0.2, 0) is 12.8 Å². The standard InChI is InChI=1S/C19H22O3/c1-5-16-11-15(10-13(2)19(16)22-4)7-6-14-8-9-17(20)18(12-14)21-3/h5,8-12,20H,1,6-7H2,2-4H3. The number of rotatable bonds is 6. The van der Waals surface area contributed by atoms with E-state index in [0.29, 0.717) is 5.75 Å². The van der Waals surface area contributed by atoms with Crippen molar-refractivity contribution in [2.45, 2.75) is 19.8 Å². The van der Waals surface area contributed by atoms with Crippen molar-refractivity contribution in [2.75, 3.05) is 14.2 Å². The van der Waals surface area contributed by atoms with E-state index in [9.17, 15) is 5.11 Å². The van der Waals surface area contributed by atoms with E-state index < -0.39 is 0 Å². The lowest BCUT2D eigenvalue weighted by atomic mass is 9.99. The van der Waals surface area contributed by atoms with Crippen molar-refractivity contribution in [3.63, 3.8) is 0 Å². The van der Waals surface area contributed by atoms with Crippen molar-refractivity contribution in [1.29, 1.82) is 0 Å². The van der Waals surface area contributed by atoms with Crippen LogP contribution in [0.3, 0.4) is 0 Å². The SMILES string of the molecule is C=Cc1cc(CCc2ccc(O)c(OC)c2)cc(C)c1OC. The Morgan fingerprint density at radius 2 is 1.77 bits per heavy atom. The zero-order valence-electron chi connectivity index (χ0n) is 13.3. The van der Waals surface area contributed by atoms with Gasteiger partial charge in [0.1, 0.15) is 5.75 Å². The zero-order valence-corrected chi connectivity index (χ0v) is 13.3. The van der Waals surface area contributed by atoms with Crippen LogP contribution < -0.4 is 9.47 Å². The van der Waals surface area contributed by atoms with Crippen LogP contribution in [0, 0.1) is 6.92 Å². The minimum Gasteiger partial charge on any atom is -0.504 e. The van der Waals surface area contributed by atoms with Gasteiger partial charge in [-0.25, -0.2) is 0 Å². The van der Waals surface area contributed by atoms with E-state index in [4.69, 9.17) is 9.47 Å². The maximum atomic E-state index is 9.63. The Morgan fingerprint density at radius 3 is 2.41 bits per heavy atom. The minimum atomic E-state index is 0.167. The molecule has 116 valence electrons. The van der Waals surface area contributed by atoms with Crippen molar-refractivity contribution in [1.82, 2.24) is 0 Å². The van der Waals surface area contributed by atoms with Gasteiger partial charge >= 0.3 is 0 Å². The summed E-state index contributed by atoms with van der Waals surface area (Å²) in [6, 6.07) is 9.71. The predicted molar refractivity (Wildman–Crippen MR) is 89.9 cm³/mol. The maximum Gasteiger partial charge on any atom is 0.160 e. The van der Waals surface area contributed by atoms with Crippen molar-refractivity contribution in [3.8, 4) is 17.2 Å². The van der Waals surface area contributed by atoms with Crippen molar-refractivity contribution >= 4 is 6.08 Å². The highest BCUT2D eigenvalue weighted by molar-refractivity contribution is 5.60. The summed E-state index contributed by atoms with van der Waals surface area (Å²) in [5, 5.41) is 9.63. The van der Waals surface area contributed by atoms with Gasteiger partial charge in [-0.3, -0.25) is 0 Å². The summed E-state index contributed by atoms with van der Waals surface area (Å²) in [5.74, 6) is 1.56. The van der Waals surface area contributed by atoms with Crippen LogP contribution >= 0.6 is 0 Å². The molecule has 0 radical (unpaired) electrons.